The molecule has 0 amide bonds. The number of rotatable bonds is 3. The summed E-state index contributed by atoms with van der Waals surface area (Å²) in [7, 11) is 0. The zero-order valence-corrected chi connectivity index (χ0v) is 9.85. The highest BCUT2D eigenvalue weighted by Crippen LogP contribution is 2.21. The molecule has 80 valence electrons. The van der Waals surface area contributed by atoms with Gasteiger partial charge in [0.1, 0.15) is 0 Å². The van der Waals surface area contributed by atoms with Crippen LogP contribution < -0.4 is 5.73 Å². The first-order chi connectivity index (χ1) is 6.90. The summed E-state index contributed by atoms with van der Waals surface area (Å²) >= 11 is 1.68. The fourth-order valence-corrected chi connectivity index (χ4v) is 2.11. The van der Waals surface area contributed by atoms with Crippen molar-refractivity contribution in [2.24, 2.45) is 5.73 Å². The van der Waals surface area contributed by atoms with Crippen LogP contribution in [0.2, 0.25) is 0 Å². The minimum atomic E-state index is 0. The normalized spacial score (nSPS) is 9.67. The Morgan fingerprint density at radius 1 is 1.20 bits per heavy atom. The number of nitrogens with zero attached hydrogens (tertiary/aromatic N) is 1. The lowest BCUT2D eigenvalue weighted by atomic mass is 10.2. The van der Waals surface area contributed by atoms with E-state index >= 15 is 0 Å². The molecule has 0 saturated heterocycles. The van der Waals surface area contributed by atoms with E-state index in [1.165, 1.54) is 5.56 Å². The first-order valence-corrected chi connectivity index (χ1v) is 5.48. The highest BCUT2D eigenvalue weighted by molar-refractivity contribution is 7.09. The predicted octanol–water partition coefficient (Wildman–Crippen LogP) is 2.73. The number of hydrogen-bond acceptors (Lipinski definition) is 3. The Morgan fingerprint density at radius 3 is 2.60 bits per heavy atom. The van der Waals surface area contributed by atoms with Gasteiger partial charge in [-0.15, -0.1) is 23.7 Å². The third-order valence-electron chi connectivity index (χ3n) is 1.98. The second kappa shape index (κ2) is 5.85. The quantitative estimate of drug-likeness (QED) is 0.896. The number of hydrogen-bond donors (Lipinski definition) is 1. The third kappa shape index (κ3) is 3.02. The number of thiazole rings is 1. The highest BCUT2D eigenvalue weighted by Gasteiger charge is 2.02. The van der Waals surface area contributed by atoms with Gasteiger partial charge >= 0.3 is 0 Å². The van der Waals surface area contributed by atoms with E-state index < -0.39 is 0 Å². The molecule has 0 atom stereocenters. The van der Waals surface area contributed by atoms with Crippen molar-refractivity contribution < 1.29 is 0 Å². The maximum Gasteiger partial charge on any atom is 0.0945 e. The van der Waals surface area contributed by atoms with Crippen LogP contribution in [-0.2, 0) is 6.42 Å². The van der Waals surface area contributed by atoms with Crippen molar-refractivity contribution in [3.8, 4) is 11.3 Å². The van der Waals surface area contributed by atoms with Crippen LogP contribution in [0.5, 0.6) is 0 Å². The van der Waals surface area contributed by atoms with Crippen molar-refractivity contribution in [3.05, 3.63) is 40.7 Å². The minimum absolute atomic E-state index is 0. The number of halogens is 1. The first kappa shape index (κ1) is 12.2. The lowest BCUT2D eigenvalue weighted by molar-refractivity contribution is 0.954. The molecule has 0 spiro atoms. The van der Waals surface area contributed by atoms with Gasteiger partial charge < -0.3 is 5.73 Å². The lowest BCUT2D eigenvalue weighted by Crippen LogP contribution is -2.01. The van der Waals surface area contributed by atoms with E-state index in [0.29, 0.717) is 6.54 Å². The first-order valence-electron chi connectivity index (χ1n) is 4.60. The Labute approximate surface area is 99.6 Å². The molecule has 0 aliphatic carbocycles. The summed E-state index contributed by atoms with van der Waals surface area (Å²) in [5.74, 6) is 0. The van der Waals surface area contributed by atoms with Gasteiger partial charge in [0.15, 0.2) is 0 Å². The average molecular weight is 241 g/mol. The Hall–Kier alpha value is -0.900. The van der Waals surface area contributed by atoms with Gasteiger partial charge in [0.05, 0.1) is 10.7 Å². The van der Waals surface area contributed by atoms with E-state index in [0.717, 1.165) is 17.1 Å². The van der Waals surface area contributed by atoms with Gasteiger partial charge in [0.25, 0.3) is 0 Å². The summed E-state index contributed by atoms with van der Waals surface area (Å²) in [6, 6.07) is 10.2. The molecule has 1 aromatic heterocycles. The highest BCUT2D eigenvalue weighted by atomic mass is 35.5. The van der Waals surface area contributed by atoms with Gasteiger partial charge in [0, 0.05) is 17.4 Å². The molecular formula is C11H13ClN2S. The van der Waals surface area contributed by atoms with E-state index in [-0.39, 0.29) is 12.4 Å². The number of aromatic nitrogens is 1. The summed E-state index contributed by atoms with van der Waals surface area (Å²) in [5, 5.41) is 3.20. The molecule has 0 fully saturated rings. The maximum absolute atomic E-state index is 5.48. The van der Waals surface area contributed by atoms with Gasteiger partial charge in [0.2, 0.25) is 0 Å². The van der Waals surface area contributed by atoms with E-state index in [4.69, 9.17) is 5.73 Å². The van der Waals surface area contributed by atoms with Crippen LogP contribution in [0.4, 0.5) is 0 Å². The van der Waals surface area contributed by atoms with Crippen LogP contribution in [0.25, 0.3) is 11.3 Å². The average Bonchev–Trinajstić information content (AvgIpc) is 2.68. The Kier molecular flexibility index (Phi) is 4.75. The standard InChI is InChI=1S/C11H12N2S.ClH/c12-7-6-11-13-10(8-14-11)9-4-2-1-3-5-9;/h1-5,8H,6-7,12H2;1H. The Morgan fingerprint density at radius 2 is 1.93 bits per heavy atom. The maximum atomic E-state index is 5.48. The summed E-state index contributed by atoms with van der Waals surface area (Å²) in [4.78, 5) is 4.51. The third-order valence-corrected chi connectivity index (χ3v) is 2.89. The van der Waals surface area contributed by atoms with Crippen molar-refractivity contribution in [3.63, 3.8) is 0 Å². The van der Waals surface area contributed by atoms with Crippen LogP contribution in [-0.4, -0.2) is 11.5 Å². The molecule has 2 nitrogen and oxygen atoms in total. The molecule has 15 heavy (non-hydrogen) atoms. The van der Waals surface area contributed by atoms with E-state index in [9.17, 15) is 0 Å². The Bertz CT molecular complexity index is 400. The zero-order valence-electron chi connectivity index (χ0n) is 8.22. The second-order valence-corrected chi connectivity index (χ2v) is 3.97. The van der Waals surface area contributed by atoms with Gasteiger partial charge in [-0.1, -0.05) is 30.3 Å². The van der Waals surface area contributed by atoms with E-state index in [1.54, 1.807) is 11.3 Å². The largest absolute Gasteiger partial charge is 0.330 e. The van der Waals surface area contributed by atoms with Crippen molar-refractivity contribution >= 4 is 23.7 Å². The summed E-state index contributed by atoms with van der Waals surface area (Å²) in [6.45, 7) is 0.668. The smallest absolute Gasteiger partial charge is 0.0945 e. The van der Waals surface area contributed by atoms with E-state index in [1.807, 2.05) is 18.2 Å². The van der Waals surface area contributed by atoms with Crippen molar-refractivity contribution in [2.45, 2.75) is 6.42 Å². The molecule has 0 aliphatic heterocycles. The topological polar surface area (TPSA) is 38.9 Å². The summed E-state index contributed by atoms with van der Waals surface area (Å²) in [5.41, 5.74) is 7.70. The Balaban J connectivity index is 0.00000112. The second-order valence-electron chi connectivity index (χ2n) is 3.03. The molecule has 0 radical (unpaired) electrons. The molecular weight excluding hydrogens is 228 g/mol. The molecule has 0 bridgehead atoms. The molecule has 0 unspecified atom stereocenters. The van der Waals surface area contributed by atoms with Gasteiger partial charge in [-0.2, -0.15) is 0 Å². The lowest BCUT2D eigenvalue weighted by Gasteiger charge is -1.94. The van der Waals surface area contributed by atoms with E-state index in [2.05, 4.69) is 22.5 Å². The molecule has 0 saturated carbocycles. The minimum Gasteiger partial charge on any atom is -0.330 e. The number of nitrogens with two attached hydrogens (primary N) is 1. The predicted molar refractivity (Wildman–Crippen MR) is 67.6 cm³/mol. The number of benzene rings is 1. The molecule has 2 N–H and O–H groups in total. The molecule has 0 aliphatic rings. The fraction of sp³-hybridized carbons (Fsp3) is 0.182. The van der Waals surface area contributed by atoms with Crippen LogP contribution in [0.3, 0.4) is 0 Å². The summed E-state index contributed by atoms with van der Waals surface area (Å²) in [6.07, 6.45) is 0.873. The van der Waals surface area contributed by atoms with Gasteiger partial charge in [-0.3, -0.25) is 0 Å². The SMILES string of the molecule is Cl.NCCc1nc(-c2ccccc2)cs1. The molecule has 4 heteroatoms. The van der Waals surface area contributed by atoms with Crippen molar-refractivity contribution in [1.29, 1.82) is 0 Å². The van der Waals surface area contributed by atoms with Crippen LogP contribution >= 0.6 is 23.7 Å². The van der Waals surface area contributed by atoms with Crippen LogP contribution in [0.15, 0.2) is 35.7 Å². The van der Waals surface area contributed by atoms with Crippen molar-refractivity contribution in [1.82, 2.24) is 4.98 Å². The molecule has 2 rings (SSSR count). The molecule has 1 heterocycles. The van der Waals surface area contributed by atoms with Gasteiger partial charge in [-0.05, 0) is 6.54 Å². The van der Waals surface area contributed by atoms with Crippen molar-refractivity contribution in [2.75, 3.05) is 6.54 Å². The summed E-state index contributed by atoms with van der Waals surface area (Å²) < 4.78 is 0. The zero-order chi connectivity index (χ0) is 9.80. The van der Waals surface area contributed by atoms with Gasteiger partial charge in [-0.25, -0.2) is 4.98 Å². The molecule has 1 aromatic carbocycles. The fourth-order valence-electron chi connectivity index (χ4n) is 1.29. The molecule has 2 aromatic rings. The monoisotopic (exact) mass is 240 g/mol. The van der Waals surface area contributed by atoms with Crippen LogP contribution in [0.1, 0.15) is 5.01 Å². The van der Waals surface area contributed by atoms with Crippen LogP contribution in [0, 0.1) is 0 Å².